The van der Waals surface area contributed by atoms with Gasteiger partial charge in [-0.05, 0) is 32.6 Å². The Hall–Kier alpha value is -1.32. The zero-order valence-electron chi connectivity index (χ0n) is 23.9. The van der Waals surface area contributed by atoms with Gasteiger partial charge in [-0.3, -0.25) is 0 Å². The van der Waals surface area contributed by atoms with E-state index in [2.05, 4.69) is 20.8 Å². The van der Waals surface area contributed by atoms with Gasteiger partial charge in [0.25, 0.3) is 0 Å². The molecule has 206 valence electrons. The van der Waals surface area contributed by atoms with Crippen molar-refractivity contribution in [2.75, 3.05) is 13.2 Å². The van der Waals surface area contributed by atoms with E-state index < -0.39 is 0 Å². The van der Waals surface area contributed by atoms with Crippen molar-refractivity contribution in [2.24, 2.45) is 0 Å². The summed E-state index contributed by atoms with van der Waals surface area (Å²) in [6.45, 7) is 9.26. The van der Waals surface area contributed by atoms with Gasteiger partial charge >= 0.3 is 11.9 Å². The molecule has 0 rings (SSSR count). The zero-order valence-corrected chi connectivity index (χ0v) is 23.9. The number of carbonyl (C=O) groups excluding carboxylic acids is 2. The van der Waals surface area contributed by atoms with Gasteiger partial charge in [0.05, 0.1) is 13.2 Å². The maximum Gasteiger partial charge on any atom is 0.334 e. The van der Waals surface area contributed by atoms with Crippen LogP contribution in [0.3, 0.4) is 0 Å². The van der Waals surface area contributed by atoms with E-state index in [0.29, 0.717) is 30.8 Å². The van der Waals surface area contributed by atoms with Crippen LogP contribution in [0.1, 0.15) is 163 Å². The highest BCUT2D eigenvalue weighted by Gasteiger charge is 2.20. The number of rotatable bonds is 25. The minimum absolute atomic E-state index is 0.324. The molecule has 0 aliphatic rings. The molecule has 0 aromatic heterocycles. The molecule has 0 aromatic rings. The molecule has 0 heterocycles. The second-order valence-electron chi connectivity index (χ2n) is 10.1. The molecular weight excluding hydrogens is 436 g/mol. The molecule has 4 heteroatoms. The van der Waals surface area contributed by atoms with Gasteiger partial charge in [0.1, 0.15) is 0 Å². The van der Waals surface area contributed by atoms with Crippen LogP contribution in [0.25, 0.3) is 0 Å². The third kappa shape index (κ3) is 20.6. The molecule has 0 aliphatic carbocycles. The summed E-state index contributed by atoms with van der Waals surface area (Å²) in [5, 5.41) is 0. The van der Waals surface area contributed by atoms with Crippen molar-refractivity contribution in [3.05, 3.63) is 11.1 Å². The summed E-state index contributed by atoms with van der Waals surface area (Å²) in [6, 6.07) is 0. The molecule has 0 aliphatic heterocycles. The molecule has 35 heavy (non-hydrogen) atoms. The van der Waals surface area contributed by atoms with Crippen LogP contribution >= 0.6 is 0 Å². The third-order valence-electron chi connectivity index (χ3n) is 6.75. The predicted molar refractivity (Wildman–Crippen MR) is 149 cm³/mol. The van der Waals surface area contributed by atoms with Crippen LogP contribution in [0.2, 0.25) is 0 Å². The highest BCUT2D eigenvalue weighted by Crippen LogP contribution is 2.19. The zero-order chi connectivity index (χ0) is 26.0. The Balaban J connectivity index is 4.60. The SMILES string of the molecule is CCCCCCCCCCC(C(=O)OCCCCCCCC)=C(C)C(=O)OCCCCCCCC. The monoisotopic (exact) mass is 494 g/mol. The molecule has 0 bridgehead atoms. The van der Waals surface area contributed by atoms with Crippen molar-refractivity contribution in [3.63, 3.8) is 0 Å². The van der Waals surface area contributed by atoms with Crippen molar-refractivity contribution in [2.45, 2.75) is 163 Å². The molecule has 0 spiro atoms. The Morgan fingerprint density at radius 1 is 0.457 bits per heavy atom. The highest BCUT2D eigenvalue weighted by molar-refractivity contribution is 5.99. The van der Waals surface area contributed by atoms with Gasteiger partial charge < -0.3 is 9.47 Å². The van der Waals surface area contributed by atoms with E-state index in [-0.39, 0.29) is 11.9 Å². The summed E-state index contributed by atoms with van der Waals surface area (Å²) in [5.41, 5.74) is 0.960. The first kappa shape index (κ1) is 33.7. The number of esters is 2. The van der Waals surface area contributed by atoms with Crippen LogP contribution in [0.4, 0.5) is 0 Å². The summed E-state index contributed by atoms with van der Waals surface area (Å²) in [5.74, 6) is -0.680. The van der Waals surface area contributed by atoms with E-state index in [4.69, 9.17) is 9.47 Å². The summed E-state index contributed by atoms with van der Waals surface area (Å²) < 4.78 is 11.1. The third-order valence-corrected chi connectivity index (χ3v) is 6.75. The lowest BCUT2D eigenvalue weighted by Gasteiger charge is -2.13. The van der Waals surface area contributed by atoms with Crippen molar-refractivity contribution in [1.29, 1.82) is 0 Å². The van der Waals surface area contributed by atoms with Gasteiger partial charge in [-0.2, -0.15) is 0 Å². The van der Waals surface area contributed by atoms with E-state index in [1.54, 1.807) is 6.92 Å². The molecule has 0 atom stereocenters. The smallest absolute Gasteiger partial charge is 0.334 e. The maximum atomic E-state index is 12.9. The summed E-state index contributed by atoms with van der Waals surface area (Å²) >= 11 is 0. The van der Waals surface area contributed by atoms with Crippen LogP contribution in [0.15, 0.2) is 11.1 Å². The topological polar surface area (TPSA) is 52.6 Å². The Morgan fingerprint density at radius 3 is 1.23 bits per heavy atom. The fourth-order valence-electron chi connectivity index (χ4n) is 4.29. The molecule has 0 N–H and O–H groups in total. The normalized spacial score (nSPS) is 11.9. The largest absolute Gasteiger partial charge is 0.462 e. The van der Waals surface area contributed by atoms with Crippen molar-refractivity contribution in [3.8, 4) is 0 Å². The number of unbranched alkanes of at least 4 members (excludes halogenated alkanes) is 17. The van der Waals surface area contributed by atoms with Crippen molar-refractivity contribution in [1.82, 2.24) is 0 Å². The van der Waals surface area contributed by atoms with Gasteiger partial charge in [0.2, 0.25) is 0 Å². The van der Waals surface area contributed by atoms with E-state index in [0.717, 1.165) is 38.5 Å². The van der Waals surface area contributed by atoms with Crippen molar-refractivity contribution >= 4 is 11.9 Å². The predicted octanol–water partition coefficient (Wildman–Crippen LogP) is 9.64. The molecule has 4 nitrogen and oxygen atoms in total. The lowest BCUT2D eigenvalue weighted by Crippen LogP contribution is -2.16. The molecule has 0 amide bonds. The fourth-order valence-corrected chi connectivity index (χ4v) is 4.29. The first-order valence-corrected chi connectivity index (χ1v) is 15.1. The van der Waals surface area contributed by atoms with Gasteiger partial charge in [0, 0.05) is 11.1 Å². The molecule has 0 unspecified atom stereocenters. The average molecular weight is 495 g/mol. The highest BCUT2D eigenvalue weighted by atomic mass is 16.5. The second kappa shape index (κ2) is 25.8. The Labute approximate surface area is 218 Å². The molecule has 0 radical (unpaired) electrons. The van der Waals surface area contributed by atoms with Gasteiger partial charge in [-0.15, -0.1) is 0 Å². The number of hydrogen-bond donors (Lipinski definition) is 0. The van der Waals surface area contributed by atoms with Gasteiger partial charge in [-0.1, -0.05) is 130 Å². The lowest BCUT2D eigenvalue weighted by molar-refractivity contribution is -0.142. The standard InChI is InChI=1S/C31H58O4/c1-5-8-11-14-17-18-19-22-25-29(31(33)35-27-24-21-16-13-10-7-3)28(4)30(32)34-26-23-20-15-12-9-6-2/h5-27H2,1-4H3. The van der Waals surface area contributed by atoms with Crippen LogP contribution in [0, 0.1) is 0 Å². The van der Waals surface area contributed by atoms with E-state index in [1.807, 2.05) is 0 Å². The second-order valence-corrected chi connectivity index (χ2v) is 10.1. The Bertz CT molecular complexity index is 538. The van der Waals surface area contributed by atoms with E-state index in [1.165, 1.54) is 89.9 Å². The summed E-state index contributed by atoms with van der Waals surface area (Å²) in [6.07, 6.45) is 24.1. The van der Waals surface area contributed by atoms with Crippen LogP contribution < -0.4 is 0 Å². The van der Waals surface area contributed by atoms with Gasteiger partial charge in [0.15, 0.2) is 0 Å². The summed E-state index contributed by atoms with van der Waals surface area (Å²) in [4.78, 5) is 25.5. The number of ether oxygens (including phenoxy) is 2. The quantitative estimate of drug-likeness (QED) is 0.0720. The molecule has 0 aromatic carbocycles. The number of carbonyl (C=O) groups is 2. The van der Waals surface area contributed by atoms with Crippen LogP contribution in [0.5, 0.6) is 0 Å². The Morgan fingerprint density at radius 2 is 0.800 bits per heavy atom. The minimum Gasteiger partial charge on any atom is -0.462 e. The number of hydrogen-bond acceptors (Lipinski definition) is 4. The molecule has 0 saturated carbocycles. The Kier molecular flexibility index (Phi) is 24.8. The maximum absolute atomic E-state index is 12.9. The van der Waals surface area contributed by atoms with Crippen molar-refractivity contribution < 1.29 is 19.1 Å². The molecular formula is C31H58O4. The van der Waals surface area contributed by atoms with E-state index in [9.17, 15) is 9.59 Å². The fraction of sp³-hybridized carbons (Fsp3) is 0.871. The first-order valence-electron chi connectivity index (χ1n) is 15.1. The lowest BCUT2D eigenvalue weighted by atomic mass is 10.0. The average Bonchev–Trinajstić information content (AvgIpc) is 2.86. The minimum atomic E-state index is -0.357. The molecule has 0 saturated heterocycles. The van der Waals surface area contributed by atoms with Crippen LogP contribution in [-0.2, 0) is 19.1 Å². The van der Waals surface area contributed by atoms with Crippen LogP contribution in [-0.4, -0.2) is 25.2 Å². The van der Waals surface area contributed by atoms with Gasteiger partial charge in [-0.25, -0.2) is 9.59 Å². The van der Waals surface area contributed by atoms with E-state index >= 15 is 0 Å². The summed E-state index contributed by atoms with van der Waals surface area (Å²) in [7, 11) is 0. The molecule has 0 fully saturated rings. The first-order chi connectivity index (χ1) is 17.1.